The van der Waals surface area contributed by atoms with Crippen molar-refractivity contribution >= 4 is 0 Å². The molecule has 0 aromatic heterocycles. The Balaban J connectivity index is 1.90. The van der Waals surface area contributed by atoms with Gasteiger partial charge in [-0.2, -0.15) is 0 Å². The van der Waals surface area contributed by atoms with E-state index >= 15 is 0 Å². The first-order chi connectivity index (χ1) is 7.86. The summed E-state index contributed by atoms with van der Waals surface area (Å²) in [6, 6.07) is 10.6. The Bertz CT molecular complexity index is 322. The third kappa shape index (κ3) is 3.19. The first-order valence-corrected chi connectivity index (χ1v) is 5.99. The number of nitrogens with one attached hydrogen (secondary N) is 1. The van der Waals surface area contributed by atoms with Crippen molar-refractivity contribution in [3.05, 3.63) is 48.0 Å². The molecule has 1 unspecified atom stereocenters. The molecule has 0 saturated carbocycles. The normalized spacial score (nSPS) is 21.0. The lowest BCUT2D eigenvalue weighted by Crippen LogP contribution is -2.42. The van der Waals surface area contributed by atoms with Gasteiger partial charge in [-0.3, -0.25) is 10.2 Å². The van der Waals surface area contributed by atoms with Crippen molar-refractivity contribution in [2.24, 2.45) is 0 Å². The van der Waals surface area contributed by atoms with Crippen LogP contribution < -0.4 is 5.32 Å². The molecule has 0 radical (unpaired) electrons. The Kier molecular flexibility index (Phi) is 4.14. The second-order valence-electron chi connectivity index (χ2n) is 4.37. The van der Waals surface area contributed by atoms with E-state index in [2.05, 4.69) is 59.7 Å². The molecule has 0 amide bonds. The van der Waals surface area contributed by atoms with Gasteiger partial charge in [-0.05, 0) is 25.5 Å². The standard InChI is InChI=1S/C14H20N2/c1-16(12-13-8-4-2-5-9-13)14-10-6-3-7-11-15-14/h2-5,7-9,14-15H,6,10-12H2,1H3. The predicted octanol–water partition coefficient (Wildman–Crippen LogP) is 2.38. The van der Waals surface area contributed by atoms with Gasteiger partial charge in [0.05, 0.1) is 6.17 Å². The molecule has 86 valence electrons. The highest BCUT2D eigenvalue weighted by Gasteiger charge is 2.14. The molecule has 1 atom stereocenters. The van der Waals surface area contributed by atoms with Crippen molar-refractivity contribution < 1.29 is 0 Å². The molecule has 16 heavy (non-hydrogen) atoms. The molecule has 1 aliphatic heterocycles. The Morgan fingerprint density at radius 3 is 2.88 bits per heavy atom. The van der Waals surface area contributed by atoms with Crippen LogP contribution in [0.2, 0.25) is 0 Å². The van der Waals surface area contributed by atoms with Crippen LogP contribution in [0, 0.1) is 0 Å². The predicted molar refractivity (Wildman–Crippen MR) is 68.1 cm³/mol. The first-order valence-electron chi connectivity index (χ1n) is 5.99. The molecule has 2 heteroatoms. The molecule has 0 fully saturated rings. The number of hydrogen-bond donors (Lipinski definition) is 1. The summed E-state index contributed by atoms with van der Waals surface area (Å²) in [7, 11) is 2.19. The molecular formula is C14H20N2. The zero-order chi connectivity index (χ0) is 11.2. The first kappa shape index (κ1) is 11.4. The second kappa shape index (κ2) is 5.83. The molecule has 1 aromatic carbocycles. The molecule has 0 bridgehead atoms. The lowest BCUT2D eigenvalue weighted by Gasteiger charge is -2.27. The van der Waals surface area contributed by atoms with Gasteiger partial charge in [0.2, 0.25) is 0 Å². The van der Waals surface area contributed by atoms with Crippen molar-refractivity contribution in [2.75, 3.05) is 13.6 Å². The third-order valence-corrected chi connectivity index (χ3v) is 3.05. The van der Waals surface area contributed by atoms with E-state index in [-0.39, 0.29) is 0 Å². The monoisotopic (exact) mass is 216 g/mol. The average molecular weight is 216 g/mol. The molecule has 2 rings (SSSR count). The fourth-order valence-corrected chi connectivity index (χ4v) is 2.12. The van der Waals surface area contributed by atoms with Crippen LogP contribution in [0.1, 0.15) is 18.4 Å². The van der Waals surface area contributed by atoms with Gasteiger partial charge >= 0.3 is 0 Å². The number of nitrogens with zero attached hydrogens (tertiary/aromatic N) is 1. The zero-order valence-electron chi connectivity index (χ0n) is 9.89. The summed E-state index contributed by atoms with van der Waals surface area (Å²) in [6.45, 7) is 2.00. The van der Waals surface area contributed by atoms with Crippen molar-refractivity contribution in [2.45, 2.75) is 25.6 Å². The van der Waals surface area contributed by atoms with Gasteiger partial charge in [0.25, 0.3) is 0 Å². The summed E-state index contributed by atoms with van der Waals surface area (Å²) in [4.78, 5) is 2.39. The zero-order valence-corrected chi connectivity index (χ0v) is 9.89. The number of hydrogen-bond acceptors (Lipinski definition) is 2. The fourth-order valence-electron chi connectivity index (χ4n) is 2.12. The molecule has 2 nitrogen and oxygen atoms in total. The van der Waals surface area contributed by atoms with Gasteiger partial charge in [-0.1, -0.05) is 42.5 Å². The highest BCUT2D eigenvalue weighted by atomic mass is 15.2. The van der Waals surface area contributed by atoms with E-state index in [0.29, 0.717) is 6.17 Å². The van der Waals surface area contributed by atoms with Crippen LogP contribution in [0.4, 0.5) is 0 Å². The van der Waals surface area contributed by atoms with Gasteiger partial charge in [-0.15, -0.1) is 0 Å². The van der Waals surface area contributed by atoms with E-state index in [1.807, 2.05) is 0 Å². The molecule has 1 heterocycles. The Labute approximate surface area is 98.0 Å². The SMILES string of the molecule is CN(Cc1ccccc1)C1CCC=CCN1. The maximum Gasteiger partial charge on any atom is 0.0602 e. The molecular weight excluding hydrogens is 196 g/mol. The quantitative estimate of drug-likeness (QED) is 0.780. The van der Waals surface area contributed by atoms with E-state index in [0.717, 1.165) is 13.1 Å². The van der Waals surface area contributed by atoms with Crippen molar-refractivity contribution in [3.8, 4) is 0 Å². The summed E-state index contributed by atoms with van der Waals surface area (Å²) < 4.78 is 0. The van der Waals surface area contributed by atoms with Gasteiger partial charge in [0.15, 0.2) is 0 Å². The van der Waals surface area contributed by atoms with E-state index in [1.54, 1.807) is 0 Å². The van der Waals surface area contributed by atoms with E-state index in [1.165, 1.54) is 18.4 Å². The molecule has 1 aliphatic rings. The molecule has 1 N–H and O–H groups in total. The van der Waals surface area contributed by atoms with Gasteiger partial charge in [-0.25, -0.2) is 0 Å². The molecule has 1 aromatic rings. The Hall–Kier alpha value is -1.12. The van der Waals surface area contributed by atoms with Crippen molar-refractivity contribution in [1.82, 2.24) is 10.2 Å². The summed E-state index contributed by atoms with van der Waals surface area (Å²) in [6.07, 6.45) is 7.35. The Morgan fingerprint density at radius 1 is 1.25 bits per heavy atom. The van der Waals surface area contributed by atoms with Gasteiger partial charge in [0, 0.05) is 13.1 Å². The molecule has 0 spiro atoms. The van der Waals surface area contributed by atoms with Crippen LogP contribution in [0.3, 0.4) is 0 Å². The van der Waals surface area contributed by atoms with E-state index in [4.69, 9.17) is 0 Å². The summed E-state index contributed by atoms with van der Waals surface area (Å²) in [5.74, 6) is 0. The third-order valence-electron chi connectivity index (χ3n) is 3.05. The number of rotatable bonds is 3. The fraction of sp³-hybridized carbons (Fsp3) is 0.429. The van der Waals surface area contributed by atoms with Crippen LogP contribution in [0.15, 0.2) is 42.5 Å². The maximum atomic E-state index is 3.54. The Morgan fingerprint density at radius 2 is 2.06 bits per heavy atom. The topological polar surface area (TPSA) is 15.3 Å². The summed E-state index contributed by atoms with van der Waals surface area (Å²) in [5.41, 5.74) is 1.38. The lowest BCUT2D eigenvalue weighted by molar-refractivity contribution is 0.193. The van der Waals surface area contributed by atoms with Crippen LogP contribution in [0.25, 0.3) is 0 Å². The van der Waals surface area contributed by atoms with Crippen LogP contribution in [-0.2, 0) is 6.54 Å². The minimum Gasteiger partial charge on any atom is -0.298 e. The number of benzene rings is 1. The smallest absolute Gasteiger partial charge is 0.0602 e. The van der Waals surface area contributed by atoms with Gasteiger partial charge in [0.1, 0.15) is 0 Å². The second-order valence-corrected chi connectivity index (χ2v) is 4.37. The van der Waals surface area contributed by atoms with Crippen molar-refractivity contribution in [1.29, 1.82) is 0 Å². The average Bonchev–Trinajstić information content (AvgIpc) is 2.59. The lowest BCUT2D eigenvalue weighted by atomic mass is 10.2. The van der Waals surface area contributed by atoms with Crippen molar-refractivity contribution in [3.63, 3.8) is 0 Å². The minimum absolute atomic E-state index is 0.496. The minimum atomic E-state index is 0.496. The van der Waals surface area contributed by atoms with Crippen LogP contribution >= 0.6 is 0 Å². The van der Waals surface area contributed by atoms with Crippen LogP contribution in [-0.4, -0.2) is 24.7 Å². The highest BCUT2D eigenvalue weighted by molar-refractivity contribution is 5.14. The van der Waals surface area contributed by atoms with Crippen LogP contribution in [0.5, 0.6) is 0 Å². The summed E-state index contributed by atoms with van der Waals surface area (Å²) in [5, 5.41) is 3.54. The van der Waals surface area contributed by atoms with E-state index in [9.17, 15) is 0 Å². The number of allylic oxidation sites excluding steroid dienone is 1. The van der Waals surface area contributed by atoms with E-state index < -0.39 is 0 Å². The molecule has 0 saturated heterocycles. The largest absolute Gasteiger partial charge is 0.298 e. The summed E-state index contributed by atoms with van der Waals surface area (Å²) >= 11 is 0. The molecule has 0 aliphatic carbocycles. The maximum absolute atomic E-state index is 3.54. The van der Waals surface area contributed by atoms with Gasteiger partial charge < -0.3 is 0 Å². The highest BCUT2D eigenvalue weighted by Crippen LogP contribution is 2.10.